The molecule has 6 nitrogen and oxygen atoms in total. The maximum Gasteiger partial charge on any atom is 0.269 e. The van der Waals surface area contributed by atoms with Crippen LogP contribution in [0.15, 0.2) is 54.6 Å². The monoisotopic (exact) mass is 382 g/mol. The molecule has 0 fully saturated rings. The molecule has 7 heteroatoms. The summed E-state index contributed by atoms with van der Waals surface area (Å²) in [7, 11) is 0. The number of hydrogen-bond acceptors (Lipinski definition) is 4. The van der Waals surface area contributed by atoms with Crippen LogP contribution in [-0.2, 0) is 0 Å². The van der Waals surface area contributed by atoms with Gasteiger partial charge >= 0.3 is 0 Å². The van der Waals surface area contributed by atoms with Crippen molar-refractivity contribution in [3.8, 4) is 17.0 Å². The Morgan fingerprint density at radius 2 is 1.85 bits per heavy atom. The molecular weight excluding hydrogens is 364 g/mol. The molecule has 2 heterocycles. The number of nitrogens with zero attached hydrogens (tertiary/aromatic N) is 1. The zero-order valence-corrected chi connectivity index (χ0v) is 15.2. The SMILES string of the molecule is Cl.NCCNC(=O)c1cc2c([nH]c3ccccc32)c(-c2ccc(O)cc2)n1. The van der Waals surface area contributed by atoms with E-state index < -0.39 is 0 Å². The molecule has 1 amide bonds. The number of aromatic amines is 1. The minimum Gasteiger partial charge on any atom is -0.508 e. The van der Waals surface area contributed by atoms with Gasteiger partial charge in [-0.05, 0) is 36.4 Å². The molecule has 138 valence electrons. The van der Waals surface area contributed by atoms with Gasteiger partial charge in [0.25, 0.3) is 5.91 Å². The van der Waals surface area contributed by atoms with Crippen LogP contribution in [0.2, 0.25) is 0 Å². The topological polar surface area (TPSA) is 104 Å². The number of aromatic hydroxyl groups is 1. The summed E-state index contributed by atoms with van der Waals surface area (Å²) in [5, 5.41) is 14.3. The second-order valence-electron chi connectivity index (χ2n) is 6.04. The van der Waals surface area contributed by atoms with Crippen LogP contribution in [0.3, 0.4) is 0 Å². The molecule has 0 unspecified atom stereocenters. The summed E-state index contributed by atoms with van der Waals surface area (Å²) in [4.78, 5) is 20.4. The van der Waals surface area contributed by atoms with E-state index >= 15 is 0 Å². The van der Waals surface area contributed by atoms with Gasteiger partial charge in [0.05, 0.1) is 11.2 Å². The molecule has 5 N–H and O–H groups in total. The lowest BCUT2D eigenvalue weighted by molar-refractivity contribution is 0.0950. The highest BCUT2D eigenvalue weighted by Gasteiger charge is 2.16. The van der Waals surface area contributed by atoms with E-state index in [0.29, 0.717) is 24.5 Å². The second kappa shape index (κ2) is 7.65. The van der Waals surface area contributed by atoms with Crippen LogP contribution in [0.4, 0.5) is 0 Å². The zero-order valence-electron chi connectivity index (χ0n) is 14.4. The van der Waals surface area contributed by atoms with E-state index in [1.807, 2.05) is 24.3 Å². The number of benzene rings is 2. The second-order valence-corrected chi connectivity index (χ2v) is 6.04. The average Bonchev–Trinajstić information content (AvgIpc) is 3.05. The number of amides is 1. The van der Waals surface area contributed by atoms with Gasteiger partial charge in [-0.25, -0.2) is 4.98 Å². The molecule has 0 radical (unpaired) electrons. The number of fused-ring (bicyclic) bond motifs is 3. The number of carbonyl (C=O) groups is 1. The Balaban J connectivity index is 0.00000210. The van der Waals surface area contributed by atoms with Gasteiger partial charge in [-0.15, -0.1) is 12.4 Å². The standard InChI is InChI=1S/C20H18N4O2.ClH/c21-9-10-22-20(26)17-11-15-14-3-1-2-4-16(14)23-19(15)18(24-17)12-5-7-13(25)8-6-12;/h1-8,11,23,25H,9-10,21H2,(H,22,26);1H. The molecule has 0 spiro atoms. The normalized spacial score (nSPS) is 10.7. The first kappa shape index (κ1) is 18.7. The van der Waals surface area contributed by atoms with Crippen LogP contribution in [0.25, 0.3) is 33.1 Å². The Bertz CT molecular complexity index is 1110. The molecule has 0 saturated heterocycles. The molecule has 4 rings (SSSR count). The van der Waals surface area contributed by atoms with Gasteiger partial charge in [0.1, 0.15) is 11.4 Å². The fraction of sp³-hybridized carbons (Fsp3) is 0.100. The quantitative estimate of drug-likeness (QED) is 0.435. The van der Waals surface area contributed by atoms with E-state index in [1.54, 1.807) is 30.3 Å². The van der Waals surface area contributed by atoms with Gasteiger partial charge in [-0.3, -0.25) is 4.79 Å². The lowest BCUT2D eigenvalue weighted by atomic mass is 10.1. The number of para-hydroxylation sites is 1. The Hall–Kier alpha value is -3.09. The number of nitrogens with one attached hydrogen (secondary N) is 2. The van der Waals surface area contributed by atoms with Crippen molar-refractivity contribution in [3.05, 3.63) is 60.3 Å². The first-order valence-electron chi connectivity index (χ1n) is 8.36. The molecular formula is C20H19ClN4O2. The van der Waals surface area contributed by atoms with Crippen molar-refractivity contribution in [1.29, 1.82) is 0 Å². The van der Waals surface area contributed by atoms with Crippen molar-refractivity contribution in [1.82, 2.24) is 15.3 Å². The first-order valence-corrected chi connectivity index (χ1v) is 8.36. The van der Waals surface area contributed by atoms with Gasteiger partial charge in [0.15, 0.2) is 0 Å². The number of nitrogens with two attached hydrogens (primary N) is 1. The zero-order chi connectivity index (χ0) is 18.1. The summed E-state index contributed by atoms with van der Waals surface area (Å²) < 4.78 is 0. The number of phenols is 1. The molecule has 4 aromatic rings. The molecule has 0 bridgehead atoms. The third kappa shape index (κ3) is 3.45. The smallest absolute Gasteiger partial charge is 0.269 e. The van der Waals surface area contributed by atoms with Crippen molar-refractivity contribution in [2.45, 2.75) is 0 Å². The number of rotatable bonds is 4. The van der Waals surface area contributed by atoms with Crippen LogP contribution >= 0.6 is 12.4 Å². The minimum atomic E-state index is -0.261. The van der Waals surface area contributed by atoms with Gasteiger partial charge in [0.2, 0.25) is 0 Å². The summed E-state index contributed by atoms with van der Waals surface area (Å²) in [5.74, 6) is -0.0823. The highest BCUT2D eigenvalue weighted by atomic mass is 35.5. The number of hydrogen-bond donors (Lipinski definition) is 4. The van der Waals surface area contributed by atoms with E-state index in [1.165, 1.54) is 0 Å². The molecule has 0 saturated carbocycles. The summed E-state index contributed by atoms with van der Waals surface area (Å²) in [6, 6.07) is 16.5. The molecule has 2 aromatic heterocycles. The van der Waals surface area contributed by atoms with Crippen LogP contribution in [0.5, 0.6) is 5.75 Å². The van der Waals surface area contributed by atoms with Crippen LogP contribution < -0.4 is 11.1 Å². The van der Waals surface area contributed by atoms with Gasteiger partial charge in [-0.2, -0.15) is 0 Å². The van der Waals surface area contributed by atoms with E-state index in [4.69, 9.17) is 5.73 Å². The van der Waals surface area contributed by atoms with Crippen molar-refractivity contribution in [3.63, 3.8) is 0 Å². The Kier molecular flexibility index (Phi) is 5.30. The van der Waals surface area contributed by atoms with Crippen molar-refractivity contribution in [2.24, 2.45) is 5.73 Å². The predicted octanol–water partition coefficient (Wildman–Crippen LogP) is 3.20. The maximum absolute atomic E-state index is 12.5. The molecule has 0 aliphatic carbocycles. The number of H-pyrrole nitrogens is 1. The van der Waals surface area contributed by atoms with Crippen LogP contribution in [0.1, 0.15) is 10.5 Å². The fourth-order valence-electron chi connectivity index (χ4n) is 3.07. The van der Waals surface area contributed by atoms with E-state index in [0.717, 1.165) is 27.4 Å². The molecule has 2 aromatic carbocycles. The van der Waals surface area contributed by atoms with Crippen molar-refractivity contribution >= 4 is 40.1 Å². The minimum absolute atomic E-state index is 0. The van der Waals surface area contributed by atoms with Crippen molar-refractivity contribution in [2.75, 3.05) is 13.1 Å². The lowest BCUT2D eigenvalue weighted by Crippen LogP contribution is -2.29. The fourth-order valence-corrected chi connectivity index (χ4v) is 3.07. The highest BCUT2D eigenvalue weighted by Crippen LogP contribution is 2.33. The summed E-state index contributed by atoms with van der Waals surface area (Å²) in [5.41, 5.74) is 9.11. The van der Waals surface area contributed by atoms with Crippen LogP contribution in [0, 0.1) is 0 Å². The highest BCUT2D eigenvalue weighted by molar-refractivity contribution is 6.13. The number of aromatic nitrogens is 2. The van der Waals surface area contributed by atoms with Gasteiger partial charge in [-0.1, -0.05) is 18.2 Å². The largest absolute Gasteiger partial charge is 0.508 e. The predicted molar refractivity (Wildman–Crippen MR) is 109 cm³/mol. The van der Waals surface area contributed by atoms with Gasteiger partial charge < -0.3 is 21.1 Å². The number of halogens is 1. The number of phenolic OH excluding ortho intramolecular Hbond substituents is 1. The molecule has 0 aliphatic rings. The molecule has 27 heavy (non-hydrogen) atoms. The third-order valence-electron chi connectivity index (χ3n) is 4.30. The number of carbonyl (C=O) groups excluding carboxylic acids is 1. The van der Waals surface area contributed by atoms with E-state index in [2.05, 4.69) is 15.3 Å². The Morgan fingerprint density at radius 1 is 1.11 bits per heavy atom. The molecule has 0 aliphatic heterocycles. The van der Waals surface area contributed by atoms with Crippen molar-refractivity contribution < 1.29 is 9.90 Å². The lowest BCUT2D eigenvalue weighted by Gasteiger charge is -2.08. The third-order valence-corrected chi connectivity index (χ3v) is 4.30. The Labute approximate surface area is 161 Å². The Morgan fingerprint density at radius 3 is 2.59 bits per heavy atom. The molecule has 0 atom stereocenters. The average molecular weight is 383 g/mol. The van der Waals surface area contributed by atoms with E-state index in [9.17, 15) is 9.90 Å². The maximum atomic E-state index is 12.5. The first-order chi connectivity index (χ1) is 12.7. The summed E-state index contributed by atoms with van der Waals surface area (Å²) >= 11 is 0. The summed E-state index contributed by atoms with van der Waals surface area (Å²) in [6.07, 6.45) is 0. The van der Waals surface area contributed by atoms with E-state index in [-0.39, 0.29) is 24.1 Å². The summed E-state index contributed by atoms with van der Waals surface area (Å²) in [6.45, 7) is 0.757. The van der Waals surface area contributed by atoms with Gasteiger partial charge in [0, 0.05) is 34.9 Å². The van der Waals surface area contributed by atoms with Crippen LogP contribution in [-0.4, -0.2) is 34.1 Å². The number of pyridine rings is 1.